The van der Waals surface area contributed by atoms with Gasteiger partial charge in [-0.2, -0.15) is 0 Å². The molecule has 0 heterocycles. The highest BCUT2D eigenvalue weighted by molar-refractivity contribution is 7.85. The van der Waals surface area contributed by atoms with Crippen LogP contribution in [0.4, 0.5) is 0 Å². The molecule has 1 aromatic carbocycles. The fourth-order valence-electron chi connectivity index (χ4n) is 1.63. The van der Waals surface area contributed by atoms with E-state index in [2.05, 4.69) is 13.8 Å². The Kier molecular flexibility index (Phi) is 5.86. The van der Waals surface area contributed by atoms with E-state index in [4.69, 9.17) is 5.73 Å². The summed E-state index contributed by atoms with van der Waals surface area (Å²) >= 11 is 0. The number of nitrogens with two attached hydrogens (primary N) is 1. The minimum atomic E-state index is -0.845. The van der Waals surface area contributed by atoms with Crippen LogP contribution in [0.15, 0.2) is 35.2 Å². The maximum Gasteiger partial charge on any atom is 0.0529 e. The third-order valence-corrected chi connectivity index (χ3v) is 4.45. The monoisotopic (exact) mass is 253 g/mol. The van der Waals surface area contributed by atoms with Gasteiger partial charge in [0, 0.05) is 10.6 Å². The maximum atomic E-state index is 11.9. The first-order valence-electron chi connectivity index (χ1n) is 6.19. The Balaban J connectivity index is 2.26. The number of hydrogen-bond acceptors (Lipinski definition) is 2. The first-order chi connectivity index (χ1) is 8.05. The van der Waals surface area contributed by atoms with Gasteiger partial charge in [-0.05, 0) is 36.9 Å². The van der Waals surface area contributed by atoms with E-state index in [1.54, 1.807) is 0 Å². The first-order valence-corrected chi connectivity index (χ1v) is 7.50. The smallest absolute Gasteiger partial charge is 0.0529 e. The predicted molar refractivity (Wildman–Crippen MR) is 74.4 cm³/mol. The Morgan fingerprint density at radius 1 is 1.18 bits per heavy atom. The van der Waals surface area contributed by atoms with Crippen molar-refractivity contribution < 1.29 is 4.21 Å². The quantitative estimate of drug-likeness (QED) is 0.759. The second kappa shape index (κ2) is 6.92. The molecule has 0 aliphatic rings. The van der Waals surface area contributed by atoms with Crippen LogP contribution in [0.2, 0.25) is 0 Å². The molecule has 0 aliphatic heterocycles. The molecular formula is C14H23NOS. The van der Waals surface area contributed by atoms with E-state index in [9.17, 15) is 4.21 Å². The van der Waals surface area contributed by atoms with Gasteiger partial charge >= 0.3 is 0 Å². The summed E-state index contributed by atoms with van der Waals surface area (Å²) < 4.78 is 11.9. The molecule has 17 heavy (non-hydrogen) atoms. The zero-order chi connectivity index (χ0) is 12.7. The van der Waals surface area contributed by atoms with Crippen molar-refractivity contribution in [3.63, 3.8) is 0 Å². The molecule has 0 bridgehead atoms. The van der Waals surface area contributed by atoms with Crippen molar-refractivity contribution in [3.05, 3.63) is 30.3 Å². The minimum Gasteiger partial charge on any atom is -0.330 e. The van der Waals surface area contributed by atoms with Gasteiger partial charge in [-0.3, -0.25) is 4.21 Å². The van der Waals surface area contributed by atoms with Gasteiger partial charge in [-0.1, -0.05) is 38.5 Å². The predicted octanol–water partition coefficient (Wildman–Crippen LogP) is 2.95. The Morgan fingerprint density at radius 3 is 2.41 bits per heavy atom. The third kappa shape index (κ3) is 5.46. The lowest BCUT2D eigenvalue weighted by molar-refractivity contribution is 0.336. The topological polar surface area (TPSA) is 43.1 Å². The fraction of sp³-hybridized carbons (Fsp3) is 0.571. The van der Waals surface area contributed by atoms with Crippen LogP contribution in [0.25, 0.3) is 0 Å². The van der Waals surface area contributed by atoms with E-state index in [1.807, 2.05) is 30.3 Å². The van der Waals surface area contributed by atoms with Gasteiger partial charge in [0.05, 0.1) is 10.8 Å². The molecule has 3 heteroatoms. The molecule has 2 N–H and O–H groups in total. The van der Waals surface area contributed by atoms with Crippen LogP contribution in [0, 0.1) is 5.41 Å². The first kappa shape index (κ1) is 14.4. The van der Waals surface area contributed by atoms with E-state index >= 15 is 0 Å². The second-order valence-electron chi connectivity index (χ2n) is 5.19. The van der Waals surface area contributed by atoms with Crippen molar-refractivity contribution in [3.8, 4) is 0 Å². The fourth-order valence-corrected chi connectivity index (χ4v) is 2.79. The van der Waals surface area contributed by atoms with Crippen LogP contribution in [-0.4, -0.2) is 16.5 Å². The van der Waals surface area contributed by atoms with Gasteiger partial charge in [0.1, 0.15) is 0 Å². The summed E-state index contributed by atoms with van der Waals surface area (Å²) in [6.45, 7) is 5.08. The summed E-state index contributed by atoms with van der Waals surface area (Å²) in [4.78, 5) is 0.936. The summed E-state index contributed by atoms with van der Waals surface area (Å²) in [5.74, 6) is 0.755. The van der Waals surface area contributed by atoms with Crippen LogP contribution in [0.5, 0.6) is 0 Å². The summed E-state index contributed by atoms with van der Waals surface area (Å²) in [6.07, 6.45) is 3.21. The molecule has 0 aromatic heterocycles. The van der Waals surface area contributed by atoms with Crippen LogP contribution in [0.1, 0.15) is 33.1 Å². The van der Waals surface area contributed by atoms with Crippen LogP contribution < -0.4 is 5.73 Å². The van der Waals surface area contributed by atoms with E-state index in [1.165, 1.54) is 0 Å². The van der Waals surface area contributed by atoms with Gasteiger partial charge < -0.3 is 5.73 Å². The van der Waals surface area contributed by atoms with Crippen LogP contribution in [0.3, 0.4) is 0 Å². The Labute approximate surface area is 107 Å². The highest BCUT2D eigenvalue weighted by Gasteiger charge is 2.14. The second-order valence-corrected chi connectivity index (χ2v) is 6.76. The molecule has 0 spiro atoms. The Morgan fingerprint density at radius 2 is 1.82 bits per heavy atom. The van der Waals surface area contributed by atoms with Crippen molar-refractivity contribution >= 4 is 10.8 Å². The largest absolute Gasteiger partial charge is 0.330 e. The summed E-state index contributed by atoms with van der Waals surface area (Å²) in [5.41, 5.74) is 5.90. The molecule has 0 saturated heterocycles. The average Bonchev–Trinajstić information content (AvgIpc) is 2.35. The third-order valence-electron chi connectivity index (χ3n) is 2.99. The molecule has 0 saturated carbocycles. The highest BCUT2D eigenvalue weighted by Crippen LogP contribution is 2.21. The van der Waals surface area contributed by atoms with Gasteiger partial charge in [-0.25, -0.2) is 0 Å². The molecule has 96 valence electrons. The molecule has 1 atom stereocenters. The van der Waals surface area contributed by atoms with Crippen molar-refractivity contribution in [1.82, 2.24) is 0 Å². The van der Waals surface area contributed by atoms with Crippen LogP contribution >= 0.6 is 0 Å². The van der Waals surface area contributed by atoms with Crippen molar-refractivity contribution in [2.75, 3.05) is 12.3 Å². The van der Waals surface area contributed by atoms with Crippen LogP contribution in [-0.2, 0) is 10.8 Å². The lowest BCUT2D eigenvalue weighted by Crippen LogP contribution is -2.23. The number of benzene rings is 1. The molecule has 1 aromatic rings. The average molecular weight is 253 g/mol. The van der Waals surface area contributed by atoms with Gasteiger partial charge in [0.2, 0.25) is 0 Å². The van der Waals surface area contributed by atoms with Crippen molar-refractivity contribution in [1.29, 1.82) is 0 Å². The number of rotatable bonds is 7. The Hall–Kier alpha value is -0.670. The molecule has 1 rings (SSSR count). The molecule has 2 nitrogen and oxygen atoms in total. The Bertz CT molecular complexity index is 348. The number of hydrogen-bond donors (Lipinski definition) is 1. The molecule has 0 aliphatic carbocycles. The molecule has 0 fully saturated rings. The molecule has 1 unspecified atom stereocenters. The van der Waals surface area contributed by atoms with Gasteiger partial charge in [-0.15, -0.1) is 0 Å². The normalized spacial score (nSPS) is 13.6. The van der Waals surface area contributed by atoms with E-state index in [-0.39, 0.29) is 5.41 Å². The van der Waals surface area contributed by atoms with E-state index in [0.717, 1.165) is 36.5 Å². The molecule has 0 amide bonds. The van der Waals surface area contributed by atoms with Crippen molar-refractivity contribution in [2.24, 2.45) is 11.1 Å². The summed E-state index contributed by atoms with van der Waals surface area (Å²) in [6, 6.07) is 9.68. The van der Waals surface area contributed by atoms with Crippen molar-refractivity contribution in [2.45, 2.75) is 38.0 Å². The number of unbranched alkanes of at least 4 members (excludes halogenated alkanes) is 1. The summed E-state index contributed by atoms with van der Waals surface area (Å²) in [5, 5.41) is 0. The standard InChI is InChI=1S/C14H23NOS/c1-14(2,12-15)10-6-7-11-17(16)13-8-4-3-5-9-13/h3-5,8-9H,6-7,10-12,15H2,1-2H3. The van der Waals surface area contributed by atoms with E-state index in [0.29, 0.717) is 0 Å². The van der Waals surface area contributed by atoms with Gasteiger partial charge in [0.25, 0.3) is 0 Å². The zero-order valence-electron chi connectivity index (χ0n) is 10.8. The molecular weight excluding hydrogens is 230 g/mol. The zero-order valence-corrected chi connectivity index (χ0v) is 11.6. The highest BCUT2D eigenvalue weighted by atomic mass is 32.2. The maximum absolute atomic E-state index is 11.9. The van der Waals surface area contributed by atoms with Gasteiger partial charge in [0.15, 0.2) is 0 Å². The van der Waals surface area contributed by atoms with E-state index < -0.39 is 10.8 Å². The lowest BCUT2D eigenvalue weighted by Gasteiger charge is -2.21. The molecule has 0 radical (unpaired) electrons. The lowest BCUT2D eigenvalue weighted by atomic mass is 9.88. The SMILES string of the molecule is CC(C)(CN)CCCCS(=O)c1ccccc1. The summed E-state index contributed by atoms with van der Waals surface area (Å²) in [7, 11) is -0.845. The minimum absolute atomic E-state index is 0.217.